The number of hydrogen-bond acceptors (Lipinski definition) is 4. The zero-order chi connectivity index (χ0) is 23.0. The second-order valence-corrected chi connectivity index (χ2v) is 7.84. The number of rotatable bonds is 10. The molecule has 0 saturated carbocycles. The van der Waals surface area contributed by atoms with Crippen molar-refractivity contribution in [1.29, 1.82) is 0 Å². The van der Waals surface area contributed by atoms with E-state index in [4.69, 9.17) is 14.5 Å². The summed E-state index contributed by atoms with van der Waals surface area (Å²) in [4.78, 5) is 17.4. The van der Waals surface area contributed by atoms with Gasteiger partial charge in [0.2, 0.25) is 5.91 Å². The average molecular weight is 444 g/mol. The van der Waals surface area contributed by atoms with Crippen LogP contribution in [-0.4, -0.2) is 42.7 Å². The van der Waals surface area contributed by atoms with Crippen molar-refractivity contribution < 1.29 is 14.3 Å². The molecule has 0 aliphatic carbocycles. The third-order valence-corrected chi connectivity index (χ3v) is 5.62. The molecule has 0 saturated heterocycles. The van der Waals surface area contributed by atoms with E-state index in [1.807, 2.05) is 48.5 Å². The maximum atomic E-state index is 12.5. The lowest BCUT2D eigenvalue weighted by atomic mass is 10.1. The first-order valence-electron chi connectivity index (χ1n) is 11.2. The topological polar surface area (TPSA) is 64.9 Å². The van der Waals surface area contributed by atoms with Gasteiger partial charge in [0.15, 0.2) is 0 Å². The molecule has 170 valence electrons. The number of imidazole rings is 1. The zero-order valence-electron chi connectivity index (χ0n) is 19.1. The lowest BCUT2D eigenvalue weighted by molar-refractivity contribution is -0.121. The summed E-state index contributed by atoms with van der Waals surface area (Å²) < 4.78 is 12.5. The van der Waals surface area contributed by atoms with Crippen molar-refractivity contribution in [3.8, 4) is 28.1 Å². The fourth-order valence-electron chi connectivity index (χ4n) is 3.88. The monoisotopic (exact) mass is 443 g/mol. The average Bonchev–Trinajstić information content (AvgIpc) is 3.23. The van der Waals surface area contributed by atoms with E-state index in [0.29, 0.717) is 26.0 Å². The predicted molar refractivity (Wildman–Crippen MR) is 130 cm³/mol. The zero-order valence-corrected chi connectivity index (χ0v) is 19.1. The van der Waals surface area contributed by atoms with Crippen molar-refractivity contribution in [2.45, 2.75) is 19.3 Å². The lowest BCUT2D eigenvalue weighted by Gasteiger charge is -2.09. The van der Waals surface area contributed by atoms with Crippen LogP contribution >= 0.6 is 0 Å². The Hall–Kier alpha value is -3.64. The predicted octanol–water partition coefficient (Wildman–Crippen LogP) is 4.76. The molecule has 0 aliphatic heterocycles. The molecule has 0 aliphatic rings. The summed E-state index contributed by atoms with van der Waals surface area (Å²) in [5.74, 6) is 0.826. The SMILES string of the molecule is COCCCNC(=O)CCc1c(-c2ccc(OC)cc2)nc2ccc(-c3ccccc3)cn12. The molecule has 0 unspecified atom stereocenters. The van der Waals surface area contributed by atoms with Gasteiger partial charge in [-0.05, 0) is 60.4 Å². The number of benzene rings is 2. The van der Waals surface area contributed by atoms with Crippen molar-refractivity contribution >= 4 is 11.6 Å². The molecule has 6 nitrogen and oxygen atoms in total. The number of amides is 1. The Kier molecular flexibility index (Phi) is 7.37. The first-order chi connectivity index (χ1) is 16.2. The summed E-state index contributed by atoms with van der Waals surface area (Å²) in [5.41, 5.74) is 6.00. The van der Waals surface area contributed by atoms with Gasteiger partial charge in [-0.15, -0.1) is 0 Å². The third-order valence-electron chi connectivity index (χ3n) is 5.62. The summed E-state index contributed by atoms with van der Waals surface area (Å²) in [6, 6.07) is 22.3. The molecule has 2 heterocycles. The highest BCUT2D eigenvalue weighted by Gasteiger charge is 2.16. The van der Waals surface area contributed by atoms with E-state index in [-0.39, 0.29) is 5.91 Å². The minimum atomic E-state index is 0.0287. The van der Waals surface area contributed by atoms with E-state index in [1.165, 1.54) is 0 Å². The number of carbonyl (C=O) groups excluding carboxylic acids is 1. The first kappa shape index (κ1) is 22.6. The fourth-order valence-corrected chi connectivity index (χ4v) is 3.88. The number of hydrogen-bond donors (Lipinski definition) is 1. The summed E-state index contributed by atoms with van der Waals surface area (Å²) in [6.07, 6.45) is 3.88. The molecular formula is C27H29N3O3. The number of pyridine rings is 1. The van der Waals surface area contributed by atoms with Crippen LogP contribution in [0.3, 0.4) is 0 Å². The minimum absolute atomic E-state index is 0.0287. The summed E-state index contributed by atoms with van der Waals surface area (Å²) in [6.45, 7) is 1.25. The van der Waals surface area contributed by atoms with Gasteiger partial charge < -0.3 is 19.2 Å². The number of ether oxygens (including phenoxy) is 2. The number of fused-ring (bicyclic) bond motifs is 1. The number of methoxy groups -OCH3 is 2. The third kappa shape index (κ3) is 5.41. The lowest BCUT2D eigenvalue weighted by Crippen LogP contribution is -2.25. The summed E-state index contributed by atoms with van der Waals surface area (Å²) in [5, 5.41) is 2.97. The molecule has 0 bridgehead atoms. The standard InChI is InChI=1S/C27H29N3O3/c1-32-18-6-17-28-26(31)16-14-24-27(21-9-12-23(33-2)13-10-21)29-25-15-11-22(19-30(24)25)20-7-4-3-5-8-20/h3-5,7-13,15,19H,6,14,16-18H2,1-2H3,(H,28,31). The van der Waals surface area contributed by atoms with Crippen molar-refractivity contribution in [2.75, 3.05) is 27.4 Å². The molecule has 2 aromatic carbocycles. The van der Waals surface area contributed by atoms with Crippen LogP contribution in [0.15, 0.2) is 72.9 Å². The van der Waals surface area contributed by atoms with E-state index in [0.717, 1.165) is 45.9 Å². The number of aryl methyl sites for hydroxylation is 1. The number of nitrogens with zero attached hydrogens (tertiary/aromatic N) is 2. The smallest absolute Gasteiger partial charge is 0.220 e. The maximum absolute atomic E-state index is 12.5. The molecule has 33 heavy (non-hydrogen) atoms. The van der Waals surface area contributed by atoms with E-state index in [2.05, 4.69) is 34.1 Å². The van der Waals surface area contributed by atoms with Gasteiger partial charge >= 0.3 is 0 Å². The van der Waals surface area contributed by atoms with Gasteiger partial charge in [0.1, 0.15) is 11.4 Å². The Morgan fingerprint density at radius 1 is 0.939 bits per heavy atom. The van der Waals surface area contributed by atoms with E-state index < -0.39 is 0 Å². The molecule has 2 aromatic heterocycles. The largest absolute Gasteiger partial charge is 0.497 e. The summed E-state index contributed by atoms with van der Waals surface area (Å²) >= 11 is 0. The normalized spacial score (nSPS) is 11.0. The highest BCUT2D eigenvalue weighted by molar-refractivity contribution is 5.77. The fraction of sp³-hybridized carbons (Fsp3) is 0.259. The van der Waals surface area contributed by atoms with Gasteiger partial charge in [-0.1, -0.05) is 30.3 Å². The van der Waals surface area contributed by atoms with Crippen LogP contribution in [0, 0.1) is 0 Å². The molecule has 1 N–H and O–H groups in total. The number of nitrogens with one attached hydrogen (secondary N) is 1. The highest BCUT2D eigenvalue weighted by atomic mass is 16.5. The minimum Gasteiger partial charge on any atom is -0.497 e. The second-order valence-electron chi connectivity index (χ2n) is 7.84. The van der Waals surface area contributed by atoms with E-state index in [1.54, 1.807) is 14.2 Å². The van der Waals surface area contributed by atoms with Gasteiger partial charge in [-0.2, -0.15) is 0 Å². The quantitative estimate of drug-likeness (QED) is 0.359. The Bertz CT molecular complexity index is 1200. The number of carbonyl (C=O) groups is 1. The Morgan fingerprint density at radius 2 is 1.70 bits per heavy atom. The van der Waals surface area contributed by atoms with Crippen LogP contribution in [0.4, 0.5) is 0 Å². The van der Waals surface area contributed by atoms with Crippen LogP contribution in [0.25, 0.3) is 28.0 Å². The molecule has 1 amide bonds. The molecule has 4 aromatic rings. The van der Waals surface area contributed by atoms with Crippen LogP contribution in [0.1, 0.15) is 18.5 Å². The van der Waals surface area contributed by atoms with Crippen LogP contribution in [-0.2, 0) is 16.0 Å². The Labute approximate surface area is 194 Å². The number of aromatic nitrogens is 2. The molecule has 6 heteroatoms. The van der Waals surface area contributed by atoms with Gasteiger partial charge in [-0.25, -0.2) is 4.98 Å². The van der Waals surface area contributed by atoms with Crippen LogP contribution in [0.5, 0.6) is 5.75 Å². The highest BCUT2D eigenvalue weighted by Crippen LogP contribution is 2.29. The van der Waals surface area contributed by atoms with Crippen molar-refractivity contribution in [2.24, 2.45) is 0 Å². The molecule has 4 rings (SSSR count). The van der Waals surface area contributed by atoms with Gasteiger partial charge in [0.25, 0.3) is 0 Å². The van der Waals surface area contributed by atoms with E-state index >= 15 is 0 Å². The van der Waals surface area contributed by atoms with E-state index in [9.17, 15) is 4.79 Å². The Balaban J connectivity index is 1.67. The molecule has 0 spiro atoms. The van der Waals surface area contributed by atoms with Crippen molar-refractivity contribution in [1.82, 2.24) is 14.7 Å². The van der Waals surface area contributed by atoms with Crippen LogP contribution in [0.2, 0.25) is 0 Å². The summed E-state index contributed by atoms with van der Waals surface area (Å²) in [7, 11) is 3.32. The van der Waals surface area contributed by atoms with Crippen molar-refractivity contribution in [3.05, 3.63) is 78.6 Å². The second kappa shape index (κ2) is 10.8. The van der Waals surface area contributed by atoms with Gasteiger partial charge in [-0.3, -0.25) is 4.79 Å². The van der Waals surface area contributed by atoms with Crippen LogP contribution < -0.4 is 10.1 Å². The van der Waals surface area contributed by atoms with Crippen molar-refractivity contribution in [3.63, 3.8) is 0 Å². The maximum Gasteiger partial charge on any atom is 0.220 e. The molecule has 0 radical (unpaired) electrons. The van der Waals surface area contributed by atoms with Gasteiger partial charge in [0.05, 0.1) is 18.5 Å². The Morgan fingerprint density at radius 3 is 2.42 bits per heavy atom. The first-order valence-corrected chi connectivity index (χ1v) is 11.2. The molecule has 0 fully saturated rings. The molecular weight excluding hydrogens is 414 g/mol. The molecule has 0 atom stereocenters. The van der Waals surface area contributed by atoms with Gasteiger partial charge in [0, 0.05) is 38.4 Å².